The van der Waals surface area contributed by atoms with Gasteiger partial charge in [0.15, 0.2) is 0 Å². The maximum absolute atomic E-state index is 12.4. The molecule has 0 unspecified atom stereocenters. The van der Waals surface area contributed by atoms with Crippen LogP contribution < -0.4 is 10.6 Å². The van der Waals surface area contributed by atoms with Crippen LogP contribution in [-0.2, 0) is 27.2 Å². The fourth-order valence-corrected chi connectivity index (χ4v) is 3.83. The Morgan fingerprint density at radius 1 is 1.18 bits per heavy atom. The Balaban J connectivity index is 2.12. The van der Waals surface area contributed by atoms with Gasteiger partial charge in [-0.25, -0.2) is 0 Å². The van der Waals surface area contributed by atoms with Crippen LogP contribution in [0, 0.1) is 0 Å². The summed E-state index contributed by atoms with van der Waals surface area (Å²) in [5.41, 5.74) is 1.61. The van der Waals surface area contributed by atoms with Gasteiger partial charge in [-0.2, -0.15) is 0 Å². The highest BCUT2D eigenvalue weighted by Gasteiger charge is 2.25. The average Bonchev–Trinajstić information content (AvgIpc) is 2.80. The maximum Gasteiger partial charge on any atom is 0.302 e. The maximum atomic E-state index is 12.4. The lowest BCUT2D eigenvalue weighted by atomic mass is 9.95. The van der Waals surface area contributed by atoms with E-state index in [0.29, 0.717) is 10.6 Å². The molecule has 0 atom stereocenters. The minimum absolute atomic E-state index is 0.142. The second-order valence-electron chi connectivity index (χ2n) is 5.19. The molecule has 0 aliphatic heterocycles. The van der Waals surface area contributed by atoms with E-state index >= 15 is 0 Å². The van der Waals surface area contributed by atoms with Gasteiger partial charge in [-0.3, -0.25) is 14.4 Å². The van der Waals surface area contributed by atoms with Crippen LogP contribution in [0.3, 0.4) is 0 Å². The predicted octanol–water partition coefficient (Wildman–Crippen LogP) is 1.88. The van der Waals surface area contributed by atoms with Gasteiger partial charge < -0.3 is 15.4 Å². The smallest absolute Gasteiger partial charge is 0.302 e. The van der Waals surface area contributed by atoms with Crippen molar-refractivity contribution in [3.63, 3.8) is 0 Å². The summed E-state index contributed by atoms with van der Waals surface area (Å²) >= 11 is 1.48. The van der Waals surface area contributed by atoms with E-state index in [2.05, 4.69) is 10.6 Å². The van der Waals surface area contributed by atoms with Crippen molar-refractivity contribution in [2.45, 2.75) is 39.5 Å². The third kappa shape index (κ3) is 4.07. The molecule has 120 valence electrons. The van der Waals surface area contributed by atoms with E-state index in [1.807, 2.05) is 0 Å². The van der Waals surface area contributed by atoms with Gasteiger partial charge >= 0.3 is 5.97 Å². The Hall–Kier alpha value is -1.89. The lowest BCUT2D eigenvalue weighted by molar-refractivity contribution is -0.140. The monoisotopic (exact) mass is 324 g/mol. The summed E-state index contributed by atoms with van der Waals surface area (Å²) < 4.78 is 4.80. The van der Waals surface area contributed by atoms with Crippen molar-refractivity contribution in [2.24, 2.45) is 0 Å². The first-order valence-corrected chi connectivity index (χ1v) is 8.14. The molecule has 22 heavy (non-hydrogen) atoms. The fourth-order valence-electron chi connectivity index (χ4n) is 2.50. The highest BCUT2D eigenvalue weighted by molar-refractivity contribution is 7.17. The minimum atomic E-state index is -0.374. The molecule has 2 N–H and O–H groups in total. The summed E-state index contributed by atoms with van der Waals surface area (Å²) in [6.45, 7) is 3.15. The van der Waals surface area contributed by atoms with Crippen molar-refractivity contribution < 1.29 is 19.1 Å². The van der Waals surface area contributed by atoms with Crippen LogP contribution in [0.5, 0.6) is 0 Å². The first-order valence-electron chi connectivity index (χ1n) is 7.32. The van der Waals surface area contributed by atoms with E-state index in [4.69, 9.17) is 4.74 Å². The minimum Gasteiger partial charge on any atom is -0.464 e. The summed E-state index contributed by atoms with van der Waals surface area (Å²) in [5.74, 6) is -0.788. The predicted molar refractivity (Wildman–Crippen MR) is 84.2 cm³/mol. The molecule has 0 spiro atoms. The number of aryl methyl sites for hydroxylation is 1. The Kier molecular flexibility index (Phi) is 5.54. The molecular weight excluding hydrogens is 304 g/mol. The molecule has 0 saturated carbocycles. The summed E-state index contributed by atoms with van der Waals surface area (Å²) in [7, 11) is 0. The van der Waals surface area contributed by atoms with Crippen LogP contribution in [0.25, 0.3) is 0 Å². The van der Waals surface area contributed by atoms with Crippen molar-refractivity contribution in [3.05, 3.63) is 16.0 Å². The molecule has 6 nitrogen and oxygen atoms in total. The molecular formula is C15H20N2O4S. The Morgan fingerprint density at radius 2 is 1.91 bits per heavy atom. The lowest BCUT2D eigenvalue weighted by Gasteiger charge is -2.13. The van der Waals surface area contributed by atoms with Crippen molar-refractivity contribution in [3.8, 4) is 0 Å². The van der Waals surface area contributed by atoms with Crippen LogP contribution >= 0.6 is 11.3 Å². The topological polar surface area (TPSA) is 84.5 Å². The highest BCUT2D eigenvalue weighted by Crippen LogP contribution is 2.38. The zero-order chi connectivity index (χ0) is 16.1. The summed E-state index contributed by atoms with van der Waals surface area (Å²) in [4.78, 5) is 35.7. The number of esters is 1. The number of carbonyl (C=O) groups is 3. The number of nitrogens with one attached hydrogen (secondary N) is 2. The molecule has 0 aromatic carbocycles. The van der Waals surface area contributed by atoms with Crippen LogP contribution in [0.15, 0.2) is 0 Å². The number of ether oxygens (including phenoxy) is 1. The number of thiophene rings is 1. The zero-order valence-electron chi connectivity index (χ0n) is 12.8. The quantitative estimate of drug-likeness (QED) is 0.640. The van der Waals surface area contributed by atoms with Gasteiger partial charge in [-0.1, -0.05) is 0 Å². The lowest BCUT2D eigenvalue weighted by Crippen LogP contribution is -2.29. The molecule has 1 aliphatic carbocycles. The Morgan fingerprint density at radius 3 is 2.59 bits per heavy atom. The number of hydrogen-bond acceptors (Lipinski definition) is 5. The third-order valence-electron chi connectivity index (χ3n) is 3.38. The number of fused-ring (bicyclic) bond motifs is 1. The van der Waals surface area contributed by atoms with E-state index in [1.165, 1.54) is 30.1 Å². The van der Waals surface area contributed by atoms with E-state index in [1.54, 1.807) is 0 Å². The molecule has 1 heterocycles. The normalized spacial score (nSPS) is 13.2. The molecule has 1 aromatic heterocycles. The molecule has 0 radical (unpaired) electrons. The third-order valence-corrected chi connectivity index (χ3v) is 4.59. The van der Waals surface area contributed by atoms with Gasteiger partial charge in [-0.15, -0.1) is 11.3 Å². The molecule has 0 fully saturated rings. The second kappa shape index (κ2) is 7.40. The number of carbonyl (C=O) groups excluding carboxylic acids is 3. The van der Waals surface area contributed by atoms with E-state index in [9.17, 15) is 14.4 Å². The van der Waals surface area contributed by atoms with E-state index in [0.717, 1.165) is 31.2 Å². The number of rotatable bonds is 5. The first-order chi connectivity index (χ1) is 10.5. The fraction of sp³-hybridized carbons (Fsp3) is 0.533. The number of hydrogen-bond donors (Lipinski definition) is 2. The molecule has 1 aromatic rings. The summed E-state index contributed by atoms with van der Waals surface area (Å²) in [6, 6.07) is 0. The molecule has 0 bridgehead atoms. The Bertz CT molecular complexity index is 595. The van der Waals surface area contributed by atoms with Crippen LogP contribution in [-0.4, -0.2) is 30.9 Å². The zero-order valence-corrected chi connectivity index (χ0v) is 13.6. The molecule has 1 aliphatic rings. The van der Waals surface area contributed by atoms with Crippen molar-refractivity contribution in [2.75, 3.05) is 18.5 Å². The molecule has 2 rings (SSSR count). The van der Waals surface area contributed by atoms with Gasteiger partial charge in [0.25, 0.3) is 5.91 Å². The van der Waals surface area contributed by atoms with Crippen molar-refractivity contribution in [1.82, 2.24) is 5.32 Å². The van der Waals surface area contributed by atoms with Crippen LogP contribution in [0.4, 0.5) is 5.00 Å². The molecule has 7 heteroatoms. The average molecular weight is 324 g/mol. The van der Waals surface area contributed by atoms with Gasteiger partial charge in [0, 0.05) is 18.7 Å². The number of amides is 2. The van der Waals surface area contributed by atoms with Crippen molar-refractivity contribution >= 4 is 34.1 Å². The standard InChI is InChI=1S/C15H20N2O4S/c1-9(18)17-15-13(11-5-3-4-6-12(11)22-15)14(20)16-7-8-21-10(2)19/h3-8H2,1-2H3,(H,16,20)(H,17,18). The summed E-state index contributed by atoms with van der Waals surface area (Å²) in [6.07, 6.45) is 3.98. The first kappa shape index (κ1) is 16.5. The van der Waals surface area contributed by atoms with E-state index < -0.39 is 0 Å². The largest absolute Gasteiger partial charge is 0.464 e. The summed E-state index contributed by atoms with van der Waals surface area (Å²) in [5, 5.41) is 6.11. The number of anilines is 1. The Labute approximate surface area is 133 Å². The van der Waals surface area contributed by atoms with Gasteiger partial charge in [-0.05, 0) is 31.2 Å². The van der Waals surface area contributed by atoms with Crippen LogP contribution in [0.1, 0.15) is 47.5 Å². The van der Waals surface area contributed by atoms with Crippen LogP contribution in [0.2, 0.25) is 0 Å². The SMILES string of the molecule is CC(=O)Nc1sc2c(c1C(=O)NCCOC(C)=O)CCCC2. The molecule has 2 amide bonds. The van der Waals surface area contributed by atoms with Gasteiger partial charge in [0.2, 0.25) is 5.91 Å². The van der Waals surface area contributed by atoms with E-state index in [-0.39, 0.29) is 30.9 Å². The molecule has 0 saturated heterocycles. The van der Waals surface area contributed by atoms with Gasteiger partial charge in [0.05, 0.1) is 12.1 Å². The second-order valence-corrected chi connectivity index (χ2v) is 6.30. The van der Waals surface area contributed by atoms with Crippen molar-refractivity contribution in [1.29, 1.82) is 0 Å². The highest BCUT2D eigenvalue weighted by atomic mass is 32.1. The van der Waals surface area contributed by atoms with Gasteiger partial charge in [0.1, 0.15) is 11.6 Å².